The van der Waals surface area contributed by atoms with Crippen LogP contribution in [0.15, 0.2) is 0 Å². The lowest BCUT2D eigenvalue weighted by atomic mass is 10.5. The van der Waals surface area contributed by atoms with E-state index in [2.05, 4.69) is 0 Å². The van der Waals surface area contributed by atoms with Crippen LogP contribution < -0.4 is 0 Å². The Hall–Kier alpha value is -2.08. The topological polar surface area (TPSA) is 88.2 Å². The van der Waals surface area contributed by atoms with Gasteiger partial charge in [-0.25, -0.2) is 9.69 Å². The molecule has 0 spiro atoms. The van der Waals surface area contributed by atoms with E-state index in [0.29, 0.717) is 0 Å². The highest BCUT2D eigenvalue weighted by Crippen LogP contribution is 2.08. The van der Waals surface area contributed by atoms with Crippen LogP contribution in [0.25, 0.3) is 0 Å². The molecule has 0 bridgehead atoms. The minimum atomic E-state index is -0.562. The number of hydrogen-bond acceptors (Lipinski definition) is 4. The summed E-state index contributed by atoms with van der Waals surface area (Å²) in [7, 11) is 0. The van der Waals surface area contributed by atoms with Crippen molar-refractivity contribution < 1.29 is 9.59 Å². The van der Waals surface area contributed by atoms with Gasteiger partial charge < -0.3 is 4.90 Å². The first kappa shape index (κ1) is 9.01. The van der Waals surface area contributed by atoms with E-state index in [0.717, 1.165) is 9.80 Å². The van der Waals surface area contributed by atoms with E-state index in [4.69, 9.17) is 10.5 Å². The van der Waals surface area contributed by atoms with Gasteiger partial charge in [0, 0.05) is 0 Å². The third kappa shape index (κ3) is 1.57. The van der Waals surface area contributed by atoms with Gasteiger partial charge in [-0.3, -0.25) is 4.79 Å². The molecule has 1 aliphatic heterocycles. The first-order valence-corrected chi connectivity index (χ1v) is 3.54. The van der Waals surface area contributed by atoms with Crippen molar-refractivity contribution >= 4 is 11.9 Å². The van der Waals surface area contributed by atoms with E-state index >= 15 is 0 Å². The van der Waals surface area contributed by atoms with Crippen molar-refractivity contribution in [3.63, 3.8) is 0 Å². The molecule has 6 heteroatoms. The van der Waals surface area contributed by atoms with E-state index in [9.17, 15) is 9.59 Å². The van der Waals surface area contributed by atoms with Gasteiger partial charge in [-0.1, -0.05) is 0 Å². The van der Waals surface area contributed by atoms with Gasteiger partial charge in [0.2, 0.25) is 0 Å². The van der Waals surface area contributed by atoms with Gasteiger partial charge in [-0.05, 0) is 0 Å². The summed E-state index contributed by atoms with van der Waals surface area (Å²) >= 11 is 0. The summed E-state index contributed by atoms with van der Waals surface area (Å²) in [5.41, 5.74) is 0. The summed E-state index contributed by atoms with van der Waals surface area (Å²) in [4.78, 5) is 24.2. The van der Waals surface area contributed by atoms with E-state index in [1.807, 2.05) is 0 Å². The molecule has 13 heavy (non-hydrogen) atoms. The molecule has 0 atom stereocenters. The number of imide groups is 1. The number of urea groups is 1. The third-order valence-corrected chi connectivity index (χ3v) is 1.62. The Kier molecular flexibility index (Phi) is 2.46. The molecule has 6 nitrogen and oxygen atoms in total. The SMILES string of the molecule is N#CCN1CC(=O)N(CC#N)C1=O. The van der Waals surface area contributed by atoms with Crippen LogP contribution in [0.4, 0.5) is 4.79 Å². The molecular weight excluding hydrogens is 172 g/mol. The third-order valence-electron chi connectivity index (χ3n) is 1.62. The molecule has 3 amide bonds. The fourth-order valence-electron chi connectivity index (χ4n) is 1.03. The molecule has 1 heterocycles. The fourth-order valence-corrected chi connectivity index (χ4v) is 1.03. The molecule has 1 fully saturated rings. The second-order valence-corrected chi connectivity index (χ2v) is 2.43. The molecule has 1 rings (SSSR count). The van der Waals surface area contributed by atoms with E-state index in [1.165, 1.54) is 0 Å². The summed E-state index contributed by atoms with van der Waals surface area (Å²) < 4.78 is 0. The largest absolute Gasteiger partial charge is 0.329 e. The van der Waals surface area contributed by atoms with Gasteiger partial charge in [0.15, 0.2) is 0 Å². The number of nitriles is 2. The predicted octanol–water partition coefficient (Wildman–Crippen LogP) is -0.702. The van der Waals surface area contributed by atoms with Crippen LogP contribution in [0.5, 0.6) is 0 Å². The Morgan fingerprint density at radius 2 is 1.85 bits per heavy atom. The molecule has 66 valence electrons. The van der Waals surface area contributed by atoms with Crippen molar-refractivity contribution in [1.29, 1.82) is 10.5 Å². The highest BCUT2D eigenvalue weighted by Gasteiger charge is 2.35. The maximum atomic E-state index is 11.2. The van der Waals surface area contributed by atoms with Gasteiger partial charge in [0.25, 0.3) is 5.91 Å². The second kappa shape index (κ2) is 3.55. The average Bonchev–Trinajstić information content (AvgIpc) is 2.34. The van der Waals surface area contributed by atoms with E-state index in [1.54, 1.807) is 12.1 Å². The monoisotopic (exact) mass is 178 g/mol. The number of hydrogen-bond donors (Lipinski definition) is 0. The van der Waals surface area contributed by atoms with Gasteiger partial charge in [0.05, 0.1) is 12.1 Å². The van der Waals surface area contributed by atoms with Crippen LogP contribution in [0.2, 0.25) is 0 Å². The Morgan fingerprint density at radius 3 is 2.38 bits per heavy atom. The van der Waals surface area contributed by atoms with E-state index < -0.39 is 11.9 Å². The van der Waals surface area contributed by atoms with Crippen molar-refractivity contribution in [2.45, 2.75) is 0 Å². The standard InChI is InChI=1S/C7H6N4O2/c8-1-3-10-5-6(12)11(4-2-9)7(10)13/h3-5H2. The maximum absolute atomic E-state index is 11.2. The minimum Gasteiger partial charge on any atom is -0.302 e. The van der Waals surface area contributed by atoms with Gasteiger partial charge in [-0.2, -0.15) is 10.5 Å². The summed E-state index contributed by atoms with van der Waals surface area (Å²) in [6.45, 7) is -0.472. The van der Waals surface area contributed by atoms with Crippen molar-refractivity contribution in [2.24, 2.45) is 0 Å². The minimum absolute atomic E-state index is 0.103. The molecule has 1 saturated heterocycles. The summed E-state index contributed by atoms with van der Waals surface area (Å²) in [6, 6.07) is 2.91. The lowest BCUT2D eigenvalue weighted by molar-refractivity contribution is -0.124. The molecule has 0 aromatic rings. The molecule has 0 aromatic carbocycles. The summed E-state index contributed by atoms with van der Waals surface area (Å²) in [5, 5.41) is 16.6. The van der Waals surface area contributed by atoms with Crippen LogP contribution in [-0.4, -0.2) is 41.4 Å². The highest BCUT2D eigenvalue weighted by molar-refractivity contribution is 6.02. The fraction of sp³-hybridized carbons (Fsp3) is 0.429. The van der Waals surface area contributed by atoms with Crippen molar-refractivity contribution in [3.05, 3.63) is 0 Å². The smallest absolute Gasteiger partial charge is 0.302 e. The highest BCUT2D eigenvalue weighted by atomic mass is 16.2. The predicted molar refractivity (Wildman–Crippen MR) is 39.9 cm³/mol. The van der Waals surface area contributed by atoms with Crippen LogP contribution in [-0.2, 0) is 4.79 Å². The van der Waals surface area contributed by atoms with Crippen LogP contribution in [0.3, 0.4) is 0 Å². The van der Waals surface area contributed by atoms with Gasteiger partial charge in [0.1, 0.15) is 19.6 Å². The number of nitrogens with zero attached hydrogens (tertiary/aromatic N) is 4. The Labute approximate surface area is 74.6 Å². The van der Waals surface area contributed by atoms with E-state index in [-0.39, 0.29) is 19.6 Å². The number of rotatable bonds is 2. The summed E-state index contributed by atoms with van der Waals surface area (Å²) in [5.74, 6) is -0.429. The zero-order valence-corrected chi connectivity index (χ0v) is 6.73. The molecule has 0 radical (unpaired) electrons. The molecule has 0 saturated carbocycles. The second-order valence-electron chi connectivity index (χ2n) is 2.43. The molecule has 0 aromatic heterocycles. The Morgan fingerprint density at radius 1 is 1.23 bits per heavy atom. The number of carbonyl (C=O) groups is 2. The van der Waals surface area contributed by atoms with Crippen molar-refractivity contribution in [1.82, 2.24) is 9.80 Å². The lowest BCUT2D eigenvalue weighted by Crippen LogP contribution is -2.33. The molecule has 0 N–H and O–H groups in total. The van der Waals surface area contributed by atoms with Crippen LogP contribution >= 0.6 is 0 Å². The van der Waals surface area contributed by atoms with Crippen molar-refractivity contribution in [3.8, 4) is 12.1 Å². The average molecular weight is 178 g/mol. The van der Waals surface area contributed by atoms with Crippen molar-refractivity contribution in [2.75, 3.05) is 19.6 Å². The van der Waals surface area contributed by atoms with Crippen LogP contribution in [0, 0.1) is 22.7 Å². The zero-order chi connectivity index (χ0) is 9.84. The van der Waals surface area contributed by atoms with Gasteiger partial charge >= 0.3 is 6.03 Å². The lowest BCUT2D eigenvalue weighted by Gasteiger charge is -2.10. The Balaban J connectivity index is 2.72. The molecule has 1 aliphatic rings. The summed E-state index contributed by atoms with van der Waals surface area (Å²) in [6.07, 6.45) is 0. The van der Waals surface area contributed by atoms with Gasteiger partial charge in [-0.15, -0.1) is 0 Å². The maximum Gasteiger partial charge on any atom is 0.329 e. The number of carbonyl (C=O) groups excluding carboxylic acids is 2. The quantitative estimate of drug-likeness (QED) is 0.413. The first-order valence-electron chi connectivity index (χ1n) is 3.54. The first-order chi connectivity index (χ1) is 6.20. The molecule has 0 unspecified atom stereocenters. The molecule has 0 aliphatic carbocycles. The molecular formula is C7H6N4O2. The Bertz CT molecular complexity index is 324. The number of amides is 3. The van der Waals surface area contributed by atoms with Crippen LogP contribution in [0.1, 0.15) is 0 Å². The normalized spacial score (nSPS) is 15.8. The zero-order valence-electron chi connectivity index (χ0n) is 6.73.